The average Bonchev–Trinajstić information content (AvgIpc) is 2.86. The number of imidazole rings is 1. The van der Waals surface area contributed by atoms with Gasteiger partial charge in [0.15, 0.2) is 0 Å². The fourth-order valence-electron chi connectivity index (χ4n) is 3.10. The third-order valence-corrected chi connectivity index (χ3v) is 4.66. The normalized spacial score (nSPS) is 12.1. The molecule has 3 rings (SSSR count). The van der Waals surface area contributed by atoms with Crippen LogP contribution in [0.5, 0.6) is 5.75 Å². The summed E-state index contributed by atoms with van der Waals surface area (Å²) in [4.78, 5) is 12.9. The Morgan fingerprint density at radius 3 is 2.37 bits per heavy atom. The van der Waals surface area contributed by atoms with Gasteiger partial charge in [0.1, 0.15) is 5.75 Å². The highest BCUT2D eigenvalue weighted by molar-refractivity contribution is 6.32. The van der Waals surface area contributed by atoms with Crippen molar-refractivity contribution in [2.45, 2.75) is 32.6 Å². The van der Waals surface area contributed by atoms with Crippen LogP contribution in [0.15, 0.2) is 41.2 Å². The highest BCUT2D eigenvalue weighted by Gasteiger charge is 2.31. The maximum atomic E-state index is 13.2. The van der Waals surface area contributed by atoms with Crippen LogP contribution in [0.25, 0.3) is 11.0 Å². The van der Waals surface area contributed by atoms with Gasteiger partial charge in [0.25, 0.3) is 0 Å². The number of aromatic nitrogens is 2. The van der Waals surface area contributed by atoms with Crippen LogP contribution in [-0.2, 0) is 12.7 Å². The van der Waals surface area contributed by atoms with E-state index in [1.807, 2.05) is 13.8 Å². The van der Waals surface area contributed by atoms with Gasteiger partial charge in [-0.15, -0.1) is 0 Å². The first-order valence-corrected chi connectivity index (χ1v) is 8.65. The average molecular weight is 399 g/mol. The lowest BCUT2D eigenvalue weighted by Crippen LogP contribution is -2.25. The van der Waals surface area contributed by atoms with Crippen molar-refractivity contribution in [1.29, 1.82) is 0 Å². The molecular formula is C19H18ClF3N2O2. The van der Waals surface area contributed by atoms with Gasteiger partial charge < -0.3 is 4.74 Å². The predicted molar refractivity (Wildman–Crippen MR) is 98.7 cm³/mol. The van der Waals surface area contributed by atoms with Crippen LogP contribution in [-0.4, -0.2) is 16.2 Å². The largest absolute Gasteiger partial charge is 0.495 e. The summed E-state index contributed by atoms with van der Waals surface area (Å²) >= 11 is 6.13. The molecule has 0 saturated heterocycles. The number of halogens is 4. The van der Waals surface area contributed by atoms with E-state index in [9.17, 15) is 18.0 Å². The van der Waals surface area contributed by atoms with E-state index in [1.54, 1.807) is 18.2 Å². The number of benzene rings is 2. The minimum atomic E-state index is -4.49. The summed E-state index contributed by atoms with van der Waals surface area (Å²) < 4.78 is 47.4. The zero-order valence-electron chi connectivity index (χ0n) is 15.0. The fraction of sp³-hybridized carbons (Fsp3) is 0.316. The molecule has 144 valence electrons. The fourth-order valence-corrected chi connectivity index (χ4v) is 3.38. The second-order valence-corrected chi connectivity index (χ2v) is 6.91. The third kappa shape index (κ3) is 3.56. The SMILES string of the molecule is COc1ccc(Cn2c(=O)n(C(C)C)c3ccc(C(F)(F)F)cc32)cc1Cl. The van der Waals surface area contributed by atoms with Gasteiger partial charge in [-0.2, -0.15) is 13.2 Å². The molecule has 3 aromatic rings. The van der Waals surface area contributed by atoms with Crippen LogP contribution in [0.3, 0.4) is 0 Å². The molecule has 0 aliphatic rings. The molecule has 0 radical (unpaired) electrons. The minimum absolute atomic E-state index is 0.0973. The van der Waals surface area contributed by atoms with Crippen LogP contribution in [0.4, 0.5) is 13.2 Å². The van der Waals surface area contributed by atoms with Crippen LogP contribution in [0.2, 0.25) is 5.02 Å². The zero-order chi connectivity index (χ0) is 19.9. The van der Waals surface area contributed by atoms with E-state index in [2.05, 4.69) is 0 Å². The van der Waals surface area contributed by atoms with Crippen molar-refractivity contribution in [3.05, 3.63) is 63.0 Å². The van der Waals surface area contributed by atoms with Gasteiger partial charge in [-0.25, -0.2) is 4.79 Å². The molecule has 0 fully saturated rings. The molecule has 0 unspecified atom stereocenters. The Bertz CT molecular complexity index is 1050. The Balaban J connectivity index is 2.20. The quantitative estimate of drug-likeness (QED) is 0.612. The van der Waals surface area contributed by atoms with Gasteiger partial charge in [-0.3, -0.25) is 9.13 Å². The Kier molecular flexibility index (Phi) is 4.99. The van der Waals surface area contributed by atoms with Crippen molar-refractivity contribution in [2.24, 2.45) is 0 Å². The first kappa shape index (κ1) is 19.4. The number of methoxy groups -OCH3 is 1. The summed E-state index contributed by atoms with van der Waals surface area (Å²) in [6, 6.07) is 8.18. The summed E-state index contributed by atoms with van der Waals surface area (Å²) in [5.74, 6) is 0.483. The van der Waals surface area contributed by atoms with Gasteiger partial charge in [0.05, 0.1) is 35.3 Å². The van der Waals surface area contributed by atoms with E-state index in [4.69, 9.17) is 16.3 Å². The van der Waals surface area contributed by atoms with Crippen molar-refractivity contribution in [1.82, 2.24) is 9.13 Å². The standard InChI is InChI=1S/C19H18ClF3N2O2/c1-11(2)25-15-6-5-13(19(21,22)23)9-16(15)24(18(25)26)10-12-4-7-17(27-3)14(20)8-12/h4-9,11H,10H2,1-3H3. The Hall–Kier alpha value is -2.41. The predicted octanol–water partition coefficient (Wildman–Crippen LogP) is 5.11. The maximum Gasteiger partial charge on any atom is 0.416 e. The van der Waals surface area contributed by atoms with Gasteiger partial charge in [-0.1, -0.05) is 17.7 Å². The van der Waals surface area contributed by atoms with Crippen LogP contribution < -0.4 is 10.4 Å². The highest BCUT2D eigenvalue weighted by atomic mass is 35.5. The number of alkyl halides is 3. The zero-order valence-corrected chi connectivity index (χ0v) is 15.7. The molecule has 0 aliphatic heterocycles. The van der Waals surface area contributed by atoms with E-state index < -0.39 is 11.7 Å². The molecule has 4 nitrogen and oxygen atoms in total. The van der Waals surface area contributed by atoms with E-state index in [1.165, 1.54) is 22.3 Å². The van der Waals surface area contributed by atoms with E-state index in [-0.39, 0.29) is 23.8 Å². The Morgan fingerprint density at radius 1 is 1.11 bits per heavy atom. The molecule has 0 aliphatic carbocycles. The number of nitrogens with zero attached hydrogens (tertiary/aromatic N) is 2. The van der Waals surface area contributed by atoms with Crippen molar-refractivity contribution in [2.75, 3.05) is 7.11 Å². The third-order valence-electron chi connectivity index (χ3n) is 4.36. The van der Waals surface area contributed by atoms with Gasteiger partial charge >= 0.3 is 11.9 Å². The lowest BCUT2D eigenvalue weighted by Gasteiger charge is -2.09. The summed E-state index contributed by atoms with van der Waals surface area (Å²) in [6.07, 6.45) is -4.49. The topological polar surface area (TPSA) is 36.2 Å². The van der Waals surface area contributed by atoms with Gasteiger partial charge in [-0.05, 0) is 49.7 Å². The van der Waals surface area contributed by atoms with Crippen LogP contribution >= 0.6 is 11.6 Å². The first-order valence-electron chi connectivity index (χ1n) is 8.28. The number of hydrogen-bond donors (Lipinski definition) is 0. The van der Waals surface area contributed by atoms with Crippen molar-refractivity contribution < 1.29 is 17.9 Å². The maximum absolute atomic E-state index is 13.2. The van der Waals surface area contributed by atoms with Crippen molar-refractivity contribution in [3.8, 4) is 5.75 Å². The first-order chi connectivity index (χ1) is 12.6. The van der Waals surface area contributed by atoms with E-state index in [0.717, 1.165) is 12.1 Å². The lowest BCUT2D eigenvalue weighted by atomic mass is 10.1. The van der Waals surface area contributed by atoms with Crippen LogP contribution in [0, 0.1) is 0 Å². The lowest BCUT2D eigenvalue weighted by molar-refractivity contribution is -0.137. The molecule has 0 N–H and O–H groups in total. The number of hydrogen-bond acceptors (Lipinski definition) is 2. The molecule has 2 aromatic carbocycles. The Morgan fingerprint density at radius 2 is 1.81 bits per heavy atom. The van der Waals surface area contributed by atoms with Gasteiger partial charge in [0.2, 0.25) is 0 Å². The van der Waals surface area contributed by atoms with Crippen molar-refractivity contribution in [3.63, 3.8) is 0 Å². The molecule has 0 atom stereocenters. The molecule has 1 heterocycles. The summed E-state index contributed by atoms with van der Waals surface area (Å²) in [5.41, 5.74) is 0.213. The summed E-state index contributed by atoms with van der Waals surface area (Å²) in [6.45, 7) is 3.72. The van der Waals surface area contributed by atoms with Crippen LogP contribution in [0.1, 0.15) is 31.0 Å². The number of rotatable bonds is 4. The van der Waals surface area contributed by atoms with E-state index in [0.29, 0.717) is 21.9 Å². The highest BCUT2D eigenvalue weighted by Crippen LogP contribution is 2.32. The Labute approximate surface area is 158 Å². The smallest absolute Gasteiger partial charge is 0.416 e. The minimum Gasteiger partial charge on any atom is -0.495 e. The molecular weight excluding hydrogens is 381 g/mol. The molecule has 0 amide bonds. The summed E-state index contributed by atoms with van der Waals surface area (Å²) in [7, 11) is 1.49. The number of ether oxygens (including phenoxy) is 1. The van der Waals surface area contributed by atoms with Crippen molar-refractivity contribution >= 4 is 22.6 Å². The second kappa shape index (κ2) is 6.96. The molecule has 27 heavy (non-hydrogen) atoms. The second-order valence-electron chi connectivity index (χ2n) is 6.50. The summed E-state index contributed by atoms with van der Waals surface area (Å²) in [5, 5.41) is 0.367. The number of fused-ring (bicyclic) bond motifs is 1. The molecule has 0 spiro atoms. The monoisotopic (exact) mass is 398 g/mol. The molecule has 1 aromatic heterocycles. The molecule has 0 saturated carbocycles. The molecule has 0 bridgehead atoms. The van der Waals surface area contributed by atoms with Gasteiger partial charge in [0, 0.05) is 6.04 Å². The molecule has 8 heteroatoms. The van der Waals surface area contributed by atoms with E-state index >= 15 is 0 Å².